The fourth-order valence-corrected chi connectivity index (χ4v) is 2.88. The van der Waals surface area contributed by atoms with Crippen molar-refractivity contribution in [2.24, 2.45) is 0 Å². The van der Waals surface area contributed by atoms with E-state index in [2.05, 4.69) is 0 Å². The summed E-state index contributed by atoms with van der Waals surface area (Å²) in [6.45, 7) is 2.79. The summed E-state index contributed by atoms with van der Waals surface area (Å²) in [7, 11) is 1.45. The molecule has 8 heteroatoms. The highest BCUT2D eigenvalue weighted by atomic mass is 35.5. The number of carbonyl (C=O) groups is 2. The maximum Gasteiger partial charge on any atom is 0.348 e. The number of halogens is 2. The second-order valence-corrected chi connectivity index (χ2v) is 7.04. The molecular formula is C21H18ClFO6. The van der Waals surface area contributed by atoms with E-state index in [1.165, 1.54) is 39.2 Å². The van der Waals surface area contributed by atoms with E-state index in [-0.39, 0.29) is 28.5 Å². The normalized spacial score (nSPS) is 15.4. The zero-order chi connectivity index (χ0) is 21.2. The molecule has 2 aromatic rings. The van der Waals surface area contributed by atoms with Crippen LogP contribution in [0.15, 0.2) is 42.0 Å². The van der Waals surface area contributed by atoms with Crippen LogP contribution < -0.4 is 9.47 Å². The van der Waals surface area contributed by atoms with E-state index < -0.39 is 23.5 Å². The Kier molecular flexibility index (Phi) is 5.79. The lowest BCUT2D eigenvalue weighted by atomic mass is 10.1. The van der Waals surface area contributed by atoms with Gasteiger partial charge in [-0.25, -0.2) is 14.0 Å². The van der Waals surface area contributed by atoms with Crippen molar-refractivity contribution in [2.75, 3.05) is 7.11 Å². The van der Waals surface area contributed by atoms with Gasteiger partial charge in [0.1, 0.15) is 18.0 Å². The molecule has 6 nitrogen and oxygen atoms in total. The lowest BCUT2D eigenvalue weighted by molar-refractivity contribution is -0.222. The SMILES string of the molecule is COc1ccc(C=C2C(=O)OC(C)(C)OC2=O)cc1OCc1c(F)cccc1Cl. The van der Waals surface area contributed by atoms with Crippen LogP contribution in [-0.2, 0) is 25.7 Å². The minimum Gasteiger partial charge on any atom is -0.493 e. The smallest absolute Gasteiger partial charge is 0.348 e. The highest BCUT2D eigenvalue weighted by Gasteiger charge is 2.38. The van der Waals surface area contributed by atoms with Gasteiger partial charge in [0.25, 0.3) is 5.79 Å². The quantitative estimate of drug-likeness (QED) is 0.408. The van der Waals surface area contributed by atoms with Gasteiger partial charge < -0.3 is 18.9 Å². The summed E-state index contributed by atoms with van der Waals surface area (Å²) in [6, 6.07) is 9.09. The third kappa shape index (κ3) is 4.68. The first-order valence-electron chi connectivity index (χ1n) is 8.62. The van der Waals surface area contributed by atoms with Crippen LogP contribution in [0.25, 0.3) is 6.08 Å². The third-order valence-corrected chi connectivity index (χ3v) is 4.40. The Balaban J connectivity index is 1.87. The van der Waals surface area contributed by atoms with Crippen LogP contribution in [-0.4, -0.2) is 24.8 Å². The number of hydrogen-bond donors (Lipinski definition) is 0. The third-order valence-electron chi connectivity index (χ3n) is 4.05. The minimum atomic E-state index is -1.32. The van der Waals surface area contributed by atoms with E-state index in [4.69, 9.17) is 30.5 Å². The number of carbonyl (C=O) groups excluding carboxylic acids is 2. The molecular weight excluding hydrogens is 403 g/mol. The Morgan fingerprint density at radius 2 is 1.79 bits per heavy atom. The molecule has 0 aliphatic carbocycles. The molecule has 1 heterocycles. The zero-order valence-electron chi connectivity index (χ0n) is 16.0. The molecule has 0 unspecified atom stereocenters. The molecule has 152 valence electrons. The largest absolute Gasteiger partial charge is 0.493 e. The van der Waals surface area contributed by atoms with E-state index in [1.54, 1.807) is 24.3 Å². The minimum absolute atomic E-state index is 0.139. The molecule has 0 N–H and O–H groups in total. The predicted molar refractivity (Wildman–Crippen MR) is 103 cm³/mol. The van der Waals surface area contributed by atoms with Crippen molar-refractivity contribution in [1.29, 1.82) is 0 Å². The molecule has 29 heavy (non-hydrogen) atoms. The molecule has 0 spiro atoms. The highest BCUT2D eigenvalue weighted by Crippen LogP contribution is 2.32. The summed E-state index contributed by atoms with van der Waals surface area (Å²) in [5.74, 6) is -2.73. The Morgan fingerprint density at radius 3 is 2.41 bits per heavy atom. The molecule has 1 aliphatic rings. The molecule has 0 bridgehead atoms. The average Bonchev–Trinajstić information content (AvgIpc) is 2.64. The Morgan fingerprint density at radius 1 is 1.10 bits per heavy atom. The van der Waals surface area contributed by atoms with Crippen molar-refractivity contribution in [3.05, 3.63) is 63.9 Å². The van der Waals surface area contributed by atoms with Crippen molar-refractivity contribution in [3.8, 4) is 11.5 Å². The average molecular weight is 421 g/mol. The van der Waals surface area contributed by atoms with Crippen molar-refractivity contribution in [1.82, 2.24) is 0 Å². The second-order valence-electron chi connectivity index (χ2n) is 6.64. The number of methoxy groups -OCH3 is 1. The number of esters is 2. The Hall–Kier alpha value is -3.06. The molecule has 1 saturated heterocycles. The zero-order valence-corrected chi connectivity index (χ0v) is 16.7. The predicted octanol–water partition coefficient (Wildman–Crippen LogP) is 4.29. The van der Waals surface area contributed by atoms with Gasteiger partial charge in [0.05, 0.1) is 12.1 Å². The van der Waals surface area contributed by atoms with Crippen LogP contribution >= 0.6 is 11.6 Å². The number of rotatable bonds is 5. The summed E-state index contributed by atoms with van der Waals surface area (Å²) in [4.78, 5) is 24.2. The van der Waals surface area contributed by atoms with Gasteiger partial charge in [-0.05, 0) is 35.9 Å². The van der Waals surface area contributed by atoms with Gasteiger partial charge in [-0.2, -0.15) is 0 Å². The van der Waals surface area contributed by atoms with Gasteiger partial charge in [-0.15, -0.1) is 0 Å². The maximum absolute atomic E-state index is 14.0. The topological polar surface area (TPSA) is 71.1 Å². The van der Waals surface area contributed by atoms with Crippen molar-refractivity contribution in [3.63, 3.8) is 0 Å². The molecule has 0 saturated carbocycles. The molecule has 0 amide bonds. The Labute approximate surface area is 171 Å². The summed E-state index contributed by atoms with van der Waals surface area (Å²) in [6.07, 6.45) is 1.32. The van der Waals surface area contributed by atoms with E-state index in [0.717, 1.165) is 0 Å². The number of benzene rings is 2. The molecule has 3 rings (SSSR count). The van der Waals surface area contributed by atoms with E-state index in [0.29, 0.717) is 11.3 Å². The summed E-state index contributed by atoms with van der Waals surface area (Å²) < 4.78 is 35.0. The van der Waals surface area contributed by atoms with Crippen LogP contribution in [0.1, 0.15) is 25.0 Å². The highest BCUT2D eigenvalue weighted by molar-refractivity contribution is 6.31. The Bertz CT molecular complexity index is 956. The van der Waals surface area contributed by atoms with Crippen LogP contribution in [0.3, 0.4) is 0 Å². The first-order valence-corrected chi connectivity index (χ1v) is 9.00. The maximum atomic E-state index is 14.0. The summed E-state index contributed by atoms with van der Waals surface area (Å²) in [5.41, 5.74) is 0.406. The number of ether oxygens (including phenoxy) is 4. The van der Waals surface area contributed by atoms with Crippen molar-refractivity contribution >= 4 is 29.6 Å². The number of cyclic esters (lactones) is 2. The first-order chi connectivity index (χ1) is 13.7. The molecule has 0 radical (unpaired) electrons. The van der Waals surface area contributed by atoms with E-state index in [1.807, 2.05) is 0 Å². The van der Waals surface area contributed by atoms with Crippen molar-refractivity contribution < 1.29 is 32.9 Å². The van der Waals surface area contributed by atoms with Gasteiger partial charge >= 0.3 is 11.9 Å². The monoisotopic (exact) mass is 420 g/mol. The van der Waals surface area contributed by atoms with Gasteiger partial charge in [-0.1, -0.05) is 23.7 Å². The van der Waals surface area contributed by atoms with Crippen molar-refractivity contribution in [2.45, 2.75) is 26.2 Å². The van der Waals surface area contributed by atoms with Gasteiger partial charge in [-0.3, -0.25) is 0 Å². The lowest BCUT2D eigenvalue weighted by Crippen LogP contribution is -2.41. The fourth-order valence-electron chi connectivity index (χ4n) is 2.66. The van der Waals surface area contributed by atoms with Gasteiger partial charge in [0.2, 0.25) is 0 Å². The van der Waals surface area contributed by atoms with Crippen LogP contribution in [0, 0.1) is 5.82 Å². The fraction of sp³-hybridized carbons (Fsp3) is 0.238. The standard InChI is InChI=1S/C21H18ClFO6/c1-21(2)28-19(24)13(20(25)29-21)9-12-7-8-17(26-3)18(10-12)27-11-14-15(22)5-4-6-16(14)23/h4-10H,11H2,1-3H3. The second kappa shape index (κ2) is 8.13. The van der Waals surface area contributed by atoms with Crippen LogP contribution in [0.4, 0.5) is 4.39 Å². The molecule has 1 fully saturated rings. The lowest BCUT2D eigenvalue weighted by Gasteiger charge is -2.29. The summed E-state index contributed by atoms with van der Waals surface area (Å²) >= 11 is 6.02. The summed E-state index contributed by atoms with van der Waals surface area (Å²) in [5, 5.41) is 0.234. The molecule has 0 aromatic heterocycles. The first kappa shape index (κ1) is 20.7. The van der Waals surface area contributed by atoms with Gasteiger partial charge in [0, 0.05) is 19.4 Å². The van der Waals surface area contributed by atoms with Crippen LogP contribution in [0.2, 0.25) is 5.02 Å². The van der Waals surface area contributed by atoms with E-state index in [9.17, 15) is 14.0 Å². The van der Waals surface area contributed by atoms with Crippen LogP contribution in [0.5, 0.6) is 11.5 Å². The van der Waals surface area contributed by atoms with Gasteiger partial charge in [0.15, 0.2) is 11.5 Å². The van der Waals surface area contributed by atoms with E-state index >= 15 is 0 Å². The molecule has 1 aliphatic heterocycles. The molecule has 0 atom stereocenters. The molecule has 2 aromatic carbocycles. The number of hydrogen-bond acceptors (Lipinski definition) is 6.